The van der Waals surface area contributed by atoms with E-state index in [9.17, 15) is 19.8 Å². The Morgan fingerprint density at radius 1 is 0.929 bits per heavy atom. The molecule has 0 spiro atoms. The SMILES string of the molecule is CCCCOC(=O)[C@H](Cc1ccc(O)cc1)C(=O)[C@@H](N)Cc1ccc(O)cc1. The number of unbranched alkanes of at least 4 members (excludes halogenated alkanes) is 1. The van der Waals surface area contributed by atoms with Gasteiger partial charge in [0.2, 0.25) is 0 Å². The van der Waals surface area contributed by atoms with Crippen LogP contribution in [0.3, 0.4) is 0 Å². The van der Waals surface area contributed by atoms with Crippen LogP contribution in [0.1, 0.15) is 30.9 Å². The Morgan fingerprint density at radius 3 is 1.93 bits per heavy atom. The third-order valence-electron chi connectivity index (χ3n) is 4.50. The zero-order valence-corrected chi connectivity index (χ0v) is 16.0. The van der Waals surface area contributed by atoms with Gasteiger partial charge in [-0.3, -0.25) is 9.59 Å². The average molecular weight is 385 g/mol. The third-order valence-corrected chi connectivity index (χ3v) is 4.50. The number of hydrogen-bond donors (Lipinski definition) is 3. The predicted octanol–water partition coefficient (Wildman–Crippen LogP) is 2.74. The summed E-state index contributed by atoms with van der Waals surface area (Å²) in [5.41, 5.74) is 7.63. The van der Waals surface area contributed by atoms with E-state index < -0.39 is 17.9 Å². The molecule has 150 valence electrons. The fourth-order valence-electron chi connectivity index (χ4n) is 2.83. The molecule has 4 N–H and O–H groups in total. The van der Waals surface area contributed by atoms with Crippen molar-refractivity contribution < 1.29 is 24.5 Å². The fourth-order valence-corrected chi connectivity index (χ4v) is 2.83. The molecule has 2 rings (SSSR count). The van der Waals surface area contributed by atoms with Crippen LogP contribution in [0.4, 0.5) is 0 Å². The highest BCUT2D eigenvalue weighted by atomic mass is 16.5. The molecule has 0 aliphatic rings. The van der Waals surface area contributed by atoms with Crippen molar-refractivity contribution in [3.05, 3.63) is 59.7 Å². The lowest BCUT2D eigenvalue weighted by atomic mass is 9.89. The van der Waals surface area contributed by atoms with Crippen LogP contribution in [0.2, 0.25) is 0 Å². The first-order valence-electron chi connectivity index (χ1n) is 9.42. The lowest BCUT2D eigenvalue weighted by Gasteiger charge is -2.19. The van der Waals surface area contributed by atoms with Gasteiger partial charge in [-0.1, -0.05) is 37.6 Å². The molecule has 2 atom stereocenters. The Hall–Kier alpha value is -2.86. The molecule has 0 amide bonds. The average Bonchev–Trinajstić information content (AvgIpc) is 2.68. The molecule has 0 saturated heterocycles. The number of phenols is 2. The number of carbonyl (C=O) groups excluding carboxylic acids is 2. The normalized spacial score (nSPS) is 12.9. The van der Waals surface area contributed by atoms with Crippen LogP contribution in [0.5, 0.6) is 11.5 Å². The van der Waals surface area contributed by atoms with Crippen molar-refractivity contribution in [1.82, 2.24) is 0 Å². The van der Waals surface area contributed by atoms with Gasteiger partial charge in [0, 0.05) is 0 Å². The van der Waals surface area contributed by atoms with Crippen molar-refractivity contribution in [1.29, 1.82) is 0 Å². The highest BCUT2D eigenvalue weighted by molar-refractivity contribution is 6.02. The molecule has 28 heavy (non-hydrogen) atoms. The Balaban J connectivity index is 2.12. The summed E-state index contributed by atoms with van der Waals surface area (Å²) in [6.45, 7) is 2.25. The highest BCUT2D eigenvalue weighted by Crippen LogP contribution is 2.18. The number of rotatable bonds is 10. The van der Waals surface area contributed by atoms with Gasteiger partial charge in [0.15, 0.2) is 5.78 Å². The Morgan fingerprint density at radius 2 is 1.43 bits per heavy atom. The van der Waals surface area contributed by atoms with Gasteiger partial charge in [0.25, 0.3) is 0 Å². The summed E-state index contributed by atoms with van der Waals surface area (Å²) < 4.78 is 5.28. The summed E-state index contributed by atoms with van der Waals surface area (Å²) in [7, 11) is 0. The number of ether oxygens (including phenoxy) is 1. The topological polar surface area (TPSA) is 110 Å². The maximum Gasteiger partial charge on any atom is 0.316 e. The maximum absolute atomic E-state index is 12.9. The van der Waals surface area contributed by atoms with Crippen LogP contribution in [0.15, 0.2) is 48.5 Å². The molecule has 0 heterocycles. The number of benzene rings is 2. The predicted molar refractivity (Wildman–Crippen MR) is 106 cm³/mol. The number of nitrogens with two attached hydrogens (primary N) is 1. The minimum Gasteiger partial charge on any atom is -0.508 e. The minimum absolute atomic E-state index is 0.112. The minimum atomic E-state index is -1.01. The first-order valence-corrected chi connectivity index (χ1v) is 9.42. The van der Waals surface area contributed by atoms with Gasteiger partial charge in [0.05, 0.1) is 12.6 Å². The van der Waals surface area contributed by atoms with Gasteiger partial charge in [-0.05, 0) is 54.7 Å². The molecule has 0 saturated carbocycles. The lowest BCUT2D eigenvalue weighted by Crippen LogP contribution is -2.42. The smallest absolute Gasteiger partial charge is 0.316 e. The Labute approximate surface area is 165 Å². The fraction of sp³-hybridized carbons (Fsp3) is 0.364. The van der Waals surface area contributed by atoms with Gasteiger partial charge in [-0.25, -0.2) is 0 Å². The molecule has 0 aliphatic carbocycles. The summed E-state index contributed by atoms with van der Waals surface area (Å²) in [6.07, 6.45) is 2.02. The van der Waals surface area contributed by atoms with Crippen LogP contribution >= 0.6 is 0 Å². The van der Waals surface area contributed by atoms with Gasteiger partial charge in [0.1, 0.15) is 17.4 Å². The summed E-state index contributed by atoms with van der Waals surface area (Å²) >= 11 is 0. The number of ketones is 1. The number of carbonyl (C=O) groups is 2. The van der Waals surface area contributed by atoms with Crippen LogP contribution in [0, 0.1) is 5.92 Å². The van der Waals surface area contributed by atoms with Crippen molar-refractivity contribution in [2.75, 3.05) is 6.61 Å². The quantitative estimate of drug-likeness (QED) is 0.330. The molecule has 6 nitrogen and oxygen atoms in total. The van der Waals surface area contributed by atoms with Gasteiger partial charge < -0.3 is 20.7 Å². The van der Waals surface area contributed by atoms with E-state index in [1.165, 1.54) is 24.3 Å². The largest absolute Gasteiger partial charge is 0.508 e. The van der Waals surface area contributed by atoms with Crippen LogP contribution < -0.4 is 5.73 Å². The van der Waals surface area contributed by atoms with E-state index in [4.69, 9.17) is 10.5 Å². The van der Waals surface area contributed by atoms with Crippen LogP contribution in [-0.2, 0) is 27.2 Å². The molecule has 6 heteroatoms. The molecule has 0 unspecified atom stereocenters. The Bertz CT molecular complexity index is 771. The monoisotopic (exact) mass is 385 g/mol. The first kappa shape index (κ1) is 21.4. The van der Waals surface area contributed by atoms with Gasteiger partial charge in [-0.15, -0.1) is 0 Å². The summed E-state index contributed by atoms with van der Waals surface area (Å²) in [5, 5.41) is 18.8. The second kappa shape index (κ2) is 10.5. The van der Waals surface area contributed by atoms with E-state index in [0.717, 1.165) is 24.0 Å². The summed E-state index contributed by atoms with van der Waals surface area (Å²) in [6, 6.07) is 11.9. The number of phenolic OH excluding ortho intramolecular Hbond substituents is 2. The zero-order valence-electron chi connectivity index (χ0n) is 16.0. The molecule has 0 aliphatic heterocycles. The molecule has 2 aromatic rings. The molecular formula is C22H27NO5. The Kier molecular flexibility index (Phi) is 8.02. The van der Waals surface area contributed by atoms with Crippen molar-refractivity contribution in [3.63, 3.8) is 0 Å². The zero-order chi connectivity index (χ0) is 20.5. The summed E-state index contributed by atoms with van der Waals surface area (Å²) in [5.74, 6) is -1.72. The van der Waals surface area contributed by atoms with E-state index >= 15 is 0 Å². The lowest BCUT2D eigenvalue weighted by molar-refractivity contribution is -0.152. The molecular weight excluding hydrogens is 358 g/mol. The molecule has 0 aromatic heterocycles. The van der Waals surface area contributed by atoms with Crippen molar-refractivity contribution in [2.24, 2.45) is 11.7 Å². The van der Waals surface area contributed by atoms with Gasteiger partial charge in [-0.2, -0.15) is 0 Å². The number of esters is 1. The van der Waals surface area contributed by atoms with Crippen LogP contribution in [-0.4, -0.2) is 34.6 Å². The van der Waals surface area contributed by atoms with E-state index in [0.29, 0.717) is 0 Å². The molecule has 0 bridgehead atoms. The number of Topliss-reactive ketones (excluding diaryl/α,β-unsaturated/α-hetero) is 1. The second-order valence-corrected chi connectivity index (χ2v) is 6.82. The van der Waals surface area contributed by atoms with E-state index in [1.807, 2.05) is 6.92 Å². The van der Waals surface area contributed by atoms with Crippen molar-refractivity contribution in [3.8, 4) is 11.5 Å². The first-order chi connectivity index (χ1) is 13.4. The van der Waals surface area contributed by atoms with Gasteiger partial charge >= 0.3 is 5.97 Å². The molecule has 0 fully saturated rings. The highest BCUT2D eigenvalue weighted by Gasteiger charge is 2.32. The van der Waals surface area contributed by atoms with Crippen molar-refractivity contribution in [2.45, 2.75) is 38.6 Å². The number of aromatic hydroxyl groups is 2. The molecule has 0 radical (unpaired) electrons. The third kappa shape index (κ3) is 6.39. The van der Waals surface area contributed by atoms with E-state index in [2.05, 4.69) is 0 Å². The summed E-state index contributed by atoms with van der Waals surface area (Å²) in [4.78, 5) is 25.5. The van der Waals surface area contributed by atoms with Crippen LogP contribution in [0.25, 0.3) is 0 Å². The molecule has 2 aromatic carbocycles. The van der Waals surface area contributed by atoms with E-state index in [-0.39, 0.29) is 36.7 Å². The standard InChI is InChI=1S/C22H27NO5/c1-2-3-12-28-22(27)19(13-15-4-8-17(24)9-5-15)21(26)20(23)14-16-6-10-18(25)11-7-16/h4-11,19-20,24-25H,2-3,12-14,23H2,1H3/t19-,20+/m1/s1. The second-order valence-electron chi connectivity index (χ2n) is 6.82. The van der Waals surface area contributed by atoms with E-state index in [1.54, 1.807) is 24.3 Å². The van der Waals surface area contributed by atoms with Crippen molar-refractivity contribution >= 4 is 11.8 Å². The maximum atomic E-state index is 12.9. The number of hydrogen-bond acceptors (Lipinski definition) is 6.